The summed E-state index contributed by atoms with van der Waals surface area (Å²) in [5.41, 5.74) is 1.26. The fourth-order valence-electron chi connectivity index (χ4n) is 5.12. The largest absolute Gasteiger partial charge is 0.507 e. The monoisotopic (exact) mass is 647 g/mol. The van der Waals surface area contributed by atoms with Gasteiger partial charge < -0.3 is 19.3 Å². The highest BCUT2D eigenvalue weighted by Gasteiger charge is 2.48. The molecule has 45 heavy (non-hydrogen) atoms. The van der Waals surface area contributed by atoms with Gasteiger partial charge in [0.1, 0.15) is 30.5 Å². The third kappa shape index (κ3) is 6.52. The van der Waals surface area contributed by atoms with Crippen molar-refractivity contribution in [2.24, 2.45) is 0 Å². The van der Waals surface area contributed by atoms with Crippen LogP contribution in [0.2, 0.25) is 0 Å². The number of hydrogen-bond donors (Lipinski definition) is 1. The van der Waals surface area contributed by atoms with Crippen LogP contribution in [-0.4, -0.2) is 46.8 Å². The number of thioether (sulfide) groups is 1. The first-order chi connectivity index (χ1) is 21.9. The Balaban J connectivity index is 1.38. The van der Waals surface area contributed by atoms with Gasteiger partial charge in [0.25, 0.3) is 5.78 Å². The van der Waals surface area contributed by atoms with E-state index in [2.05, 4.69) is 17.1 Å². The Bertz CT molecular complexity index is 1760. The number of unbranched alkanes of at least 4 members (excludes halogenated alkanes) is 2. The molecule has 1 fully saturated rings. The smallest absolute Gasteiger partial charge is 0.301 e. The molecule has 1 N–H and O–H groups in total. The Labute approximate surface area is 267 Å². The number of benzene rings is 3. The highest BCUT2D eigenvalue weighted by Crippen LogP contribution is 2.45. The fourth-order valence-corrected chi connectivity index (χ4v) is 6.97. The third-order valence-electron chi connectivity index (χ3n) is 7.36. The number of anilines is 1. The summed E-state index contributed by atoms with van der Waals surface area (Å²) < 4.78 is 31.9. The predicted octanol–water partition coefficient (Wildman–Crippen LogP) is 6.94. The summed E-state index contributed by atoms with van der Waals surface area (Å²) in [6.45, 7) is 3.39. The molecular weight excluding hydrogens is 618 g/mol. The van der Waals surface area contributed by atoms with Gasteiger partial charge in [-0.05, 0) is 53.9 Å². The van der Waals surface area contributed by atoms with E-state index in [1.54, 1.807) is 54.6 Å². The van der Waals surface area contributed by atoms with Gasteiger partial charge in [-0.25, -0.2) is 4.39 Å². The maximum atomic E-state index is 14.2. The predicted molar refractivity (Wildman–Crippen MR) is 170 cm³/mol. The molecule has 0 radical (unpaired) electrons. The molecule has 6 rings (SSSR count). The van der Waals surface area contributed by atoms with Crippen LogP contribution >= 0.6 is 23.1 Å². The molecule has 0 unspecified atom stereocenters. The summed E-state index contributed by atoms with van der Waals surface area (Å²) in [5.74, 6) is -0.553. The van der Waals surface area contributed by atoms with E-state index in [9.17, 15) is 19.1 Å². The molecule has 0 aliphatic carbocycles. The number of aromatic nitrogens is 2. The molecule has 1 saturated heterocycles. The van der Waals surface area contributed by atoms with Crippen molar-refractivity contribution >= 4 is 45.7 Å². The average molecular weight is 648 g/mol. The van der Waals surface area contributed by atoms with Crippen LogP contribution in [0.3, 0.4) is 0 Å². The van der Waals surface area contributed by atoms with Crippen molar-refractivity contribution in [2.75, 3.05) is 24.7 Å². The van der Waals surface area contributed by atoms with E-state index in [0.717, 1.165) is 30.6 Å². The van der Waals surface area contributed by atoms with E-state index >= 15 is 0 Å². The Morgan fingerprint density at radius 1 is 1.04 bits per heavy atom. The van der Waals surface area contributed by atoms with Crippen molar-refractivity contribution < 1.29 is 33.3 Å². The zero-order valence-corrected chi connectivity index (χ0v) is 26.0. The second-order valence-electron chi connectivity index (χ2n) is 10.4. The number of hydrogen-bond acceptors (Lipinski definition) is 10. The minimum Gasteiger partial charge on any atom is -0.507 e. The first-order valence-electron chi connectivity index (χ1n) is 14.6. The number of fused-ring (bicyclic) bond motifs is 1. The van der Waals surface area contributed by atoms with E-state index < -0.39 is 17.7 Å². The lowest BCUT2D eigenvalue weighted by Crippen LogP contribution is -2.29. The van der Waals surface area contributed by atoms with Gasteiger partial charge in [-0.1, -0.05) is 73.2 Å². The summed E-state index contributed by atoms with van der Waals surface area (Å²) in [5, 5.41) is 20.2. The fraction of sp³-hybridized carbons (Fsp3) is 0.273. The topological polar surface area (TPSA) is 111 Å². The lowest BCUT2D eigenvalue weighted by atomic mass is 9.95. The van der Waals surface area contributed by atoms with Gasteiger partial charge in [-0.15, -0.1) is 10.2 Å². The SMILES string of the molecule is CCCCCOc1cccc([C@H]2C(=C(O)c3ccc4c(c3)OCCO4)C(=O)C(=O)N2c2nnc(SCc3ccccc3F)s2)c1. The van der Waals surface area contributed by atoms with E-state index in [4.69, 9.17) is 14.2 Å². The molecule has 232 valence electrons. The van der Waals surface area contributed by atoms with Crippen molar-refractivity contribution in [1.82, 2.24) is 10.2 Å². The molecule has 2 aliphatic heterocycles. The number of ether oxygens (including phenoxy) is 3. The highest BCUT2D eigenvalue weighted by molar-refractivity contribution is 8.00. The number of aliphatic hydroxyl groups is 1. The number of amides is 1. The van der Waals surface area contributed by atoms with Gasteiger partial charge >= 0.3 is 5.91 Å². The van der Waals surface area contributed by atoms with Crippen LogP contribution in [0.25, 0.3) is 5.76 Å². The standard InChI is InChI=1S/C33H30FN3O6S2/c1-2-3-6-14-41-23-10-7-9-20(17-23)28-27(29(38)21-12-13-25-26(18-21)43-16-15-42-25)30(39)31(40)37(28)32-35-36-33(45-32)44-19-22-8-4-5-11-24(22)34/h4-5,7-13,17-18,28,38H,2-3,6,14-16,19H2,1H3/t28-/m0/s1. The zero-order chi connectivity index (χ0) is 31.3. The van der Waals surface area contributed by atoms with Gasteiger partial charge in [-0.3, -0.25) is 14.5 Å². The van der Waals surface area contributed by atoms with Gasteiger partial charge in [0.05, 0.1) is 18.2 Å². The van der Waals surface area contributed by atoms with Crippen molar-refractivity contribution in [3.8, 4) is 17.2 Å². The number of aliphatic hydroxyl groups excluding tert-OH is 1. The lowest BCUT2D eigenvalue weighted by molar-refractivity contribution is -0.132. The molecule has 1 aromatic heterocycles. The van der Waals surface area contributed by atoms with Crippen LogP contribution in [0.15, 0.2) is 76.6 Å². The highest BCUT2D eigenvalue weighted by atomic mass is 32.2. The van der Waals surface area contributed by atoms with Gasteiger partial charge in [0.2, 0.25) is 5.13 Å². The second-order valence-corrected chi connectivity index (χ2v) is 12.6. The molecule has 2 aliphatic rings. The van der Waals surface area contributed by atoms with Crippen molar-refractivity contribution in [3.05, 3.63) is 94.8 Å². The quantitative estimate of drug-likeness (QED) is 0.0462. The van der Waals surface area contributed by atoms with E-state index in [1.165, 1.54) is 22.7 Å². The first-order valence-corrected chi connectivity index (χ1v) is 16.4. The lowest BCUT2D eigenvalue weighted by Gasteiger charge is -2.23. The Kier molecular flexibility index (Phi) is 9.31. The molecule has 1 atom stereocenters. The maximum Gasteiger partial charge on any atom is 0.301 e. The van der Waals surface area contributed by atoms with E-state index in [-0.39, 0.29) is 22.3 Å². The maximum absolute atomic E-state index is 14.2. The Hall–Kier alpha value is -4.42. The van der Waals surface area contributed by atoms with Crippen molar-refractivity contribution in [1.29, 1.82) is 0 Å². The van der Waals surface area contributed by atoms with Crippen LogP contribution in [0.1, 0.15) is 48.9 Å². The van der Waals surface area contributed by atoms with Crippen molar-refractivity contribution in [3.63, 3.8) is 0 Å². The number of carbonyl (C=O) groups excluding carboxylic acids is 2. The minimum atomic E-state index is -1.02. The molecule has 1 amide bonds. The minimum absolute atomic E-state index is 0.101. The number of carbonyl (C=O) groups is 2. The van der Waals surface area contributed by atoms with Crippen LogP contribution in [0.5, 0.6) is 17.2 Å². The van der Waals surface area contributed by atoms with Gasteiger partial charge in [0.15, 0.2) is 15.8 Å². The Morgan fingerprint density at radius 2 is 1.87 bits per heavy atom. The van der Waals surface area contributed by atoms with Crippen LogP contribution in [-0.2, 0) is 15.3 Å². The molecule has 3 heterocycles. The number of Topliss-reactive ketones (excluding diaryl/α,β-unsaturated/α-hetero) is 1. The third-order valence-corrected chi connectivity index (χ3v) is 9.47. The molecule has 0 bridgehead atoms. The zero-order valence-electron chi connectivity index (χ0n) is 24.4. The number of nitrogens with zero attached hydrogens (tertiary/aromatic N) is 3. The van der Waals surface area contributed by atoms with Gasteiger partial charge in [0, 0.05) is 11.3 Å². The van der Waals surface area contributed by atoms with E-state index in [1.807, 2.05) is 6.07 Å². The summed E-state index contributed by atoms with van der Waals surface area (Å²) >= 11 is 2.38. The average Bonchev–Trinajstić information content (AvgIpc) is 3.64. The van der Waals surface area contributed by atoms with Gasteiger partial charge in [-0.2, -0.15) is 0 Å². The second kappa shape index (κ2) is 13.7. The van der Waals surface area contributed by atoms with Crippen LogP contribution in [0.4, 0.5) is 9.52 Å². The molecule has 12 heteroatoms. The Morgan fingerprint density at radius 3 is 2.69 bits per heavy atom. The molecule has 9 nitrogen and oxygen atoms in total. The summed E-state index contributed by atoms with van der Waals surface area (Å²) in [6.07, 6.45) is 2.98. The summed E-state index contributed by atoms with van der Waals surface area (Å²) in [7, 11) is 0. The van der Waals surface area contributed by atoms with Crippen LogP contribution in [0, 0.1) is 5.82 Å². The molecular formula is C33H30FN3O6S2. The summed E-state index contributed by atoms with van der Waals surface area (Å²) in [6, 6.07) is 17.4. The number of ketones is 1. The number of halogens is 1. The molecule has 3 aromatic carbocycles. The number of rotatable bonds is 11. The summed E-state index contributed by atoms with van der Waals surface area (Å²) in [4.78, 5) is 28.6. The first kappa shape index (κ1) is 30.6. The van der Waals surface area contributed by atoms with Crippen LogP contribution < -0.4 is 19.1 Å². The molecule has 0 saturated carbocycles. The van der Waals surface area contributed by atoms with Crippen molar-refractivity contribution in [2.45, 2.75) is 42.3 Å². The van der Waals surface area contributed by atoms with E-state index in [0.29, 0.717) is 63.9 Å². The molecule has 0 spiro atoms. The normalized spacial score (nSPS) is 17.1. The molecule has 4 aromatic rings.